The number of carbonyl (C=O) groups excluding carboxylic acids is 1. The van der Waals surface area contributed by atoms with Crippen molar-refractivity contribution >= 4 is 5.97 Å². The van der Waals surface area contributed by atoms with Gasteiger partial charge in [0.25, 0.3) is 0 Å². The van der Waals surface area contributed by atoms with Gasteiger partial charge in [-0.1, -0.05) is 12.2 Å². The largest absolute Gasteiger partial charge is 0.462 e. The van der Waals surface area contributed by atoms with E-state index in [0.29, 0.717) is 24.3 Å². The van der Waals surface area contributed by atoms with Gasteiger partial charge < -0.3 is 10.5 Å². The Hall–Kier alpha value is -0.830. The quantitative estimate of drug-likeness (QED) is 0.617. The Morgan fingerprint density at radius 2 is 1.94 bits per heavy atom. The molecule has 2 saturated carbocycles. The zero-order valence-electron chi connectivity index (χ0n) is 10.9. The van der Waals surface area contributed by atoms with Crippen molar-refractivity contribution in [3.63, 3.8) is 0 Å². The Balaban J connectivity index is 1.43. The topological polar surface area (TPSA) is 52.3 Å². The van der Waals surface area contributed by atoms with Crippen LogP contribution in [0.5, 0.6) is 0 Å². The smallest absolute Gasteiger partial charge is 0.306 e. The highest BCUT2D eigenvalue weighted by Crippen LogP contribution is 2.45. The Bertz CT molecular complexity index is 344. The van der Waals surface area contributed by atoms with Crippen LogP contribution in [0.25, 0.3) is 0 Å². The fourth-order valence-corrected chi connectivity index (χ4v) is 3.78. The summed E-state index contributed by atoms with van der Waals surface area (Å²) >= 11 is 0. The highest BCUT2D eigenvalue weighted by atomic mass is 16.5. The Morgan fingerprint density at radius 1 is 1.17 bits per heavy atom. The number of carbonyl (C=O) groups is 1. The summed E-state index contributed by atoms with van der Waals surface area (Å²) in [6.07, 6.45) is 11.7. The first-order chi connectivity index (χ1) is 8.70. The minimum absolute atomic E-state index is 0.0152. The molecule has 3 rings (SSSR count). The lowest BCUT2D eigenvalue weighted by Gasteiger charge is -2.26. The summed E-state index contributed by atoms with van der Waals surface area (Å²) < 4.78 is 5.59. The molecule has 0 spiro atoms. The standard InChI is InChI=1S/C15H23NO2/c16-13-3-5-14(6-4-13)18-15(17)9-12-8-10-1-2-11(12)7-10/h1-2,10-14H,3-9,16H2. The number of rotatable bonds is 3. The third-order valence-electron chi connectivity index (χ3n) is 4.86. The summed E-state index contributed by atoms with van der Waals surface area (Å²) in [7, 11) is 0. The maximum Gasteiger partial charge on any atom is 0.306 e. The predicted octanol–water partition coefficient (Wildman–Crippen LogP) is 2.40. The van der Waals surface area contributed by atoms with E-state index < -0.39 is 0 Å². The molecular weight excluding hydrogens is 226 g/mol. The molecule has 0 amide bonds. The summed E-state index contributed by atoms with van der Waals surface area (Å²) in [6.45, 7) is 0. The van der Waals surface area contributed by atoms with Crippen LogP contribution in [0.1, 0.15) is 44.9 Å². The zero-order chi connectivity index (χ0) is 12.5. The molecule has 0 radical (unpaired) electrons. The van der Waals surface area contributed by atoms with Gasteiger partial charge in [-0.3, -0.25) is 4.79 Å². The predicted molar refractivity (Wildman–Crippen MR) is 69.8 cm³/mol. The first-order valence-corrected chi connectivity index (χ1v) is 7.34. The van der Waals surface area contributed by atoms with Crippen molar-refractivity contribution in [2.75, 3.05) is 0 Å². The van der Waals surface area contributed by atoms with Gasteiger partial charge >= 0.3 is 5.97 Å². The molecule has 100 valence electrons. The summed E-state index contributed by atoms with van der Waals surface area (Å²) in [5, 5.41) is 0. The molecule has 3 nitrogen and oxygen atoms in total. The van der Waals surface area contributed by atoms with Gasteiger partial charge in [-0.15, -0.1) is 0 Å². The second kappa shape index (κ2) is 5.04. The first-order valence-electron chi connectivity index (χ1n) is 7.34. The van der Waals surface area contributed by atoms with Crippen molar-refractivity contribution in [1.29, 1.82) is 0 Å². The molecule has 2 fully saturated rings. The van der Waals surface area contributed by atoms with Gasteiger partial charge in [0.05, 0.1) is 0 Å². The van der Waals surface area contributed by atoms with Crippen LogP contribution in [-0.2, 0) is 9.53 Å². The summed E-state index contributed by atoms with van der Waals surface area (Å²) in [6, 6.07) is 0.315. The van der Waals surface area contributed by atoms with E-state index in [0.717, 1.165) is 31.6 Å². The van der Waals surface area contributed by atoms with Crippen molar-refractivity contribution < 1.29 is 9.53 Å². The fraction of sp³-hybridized carbons (Fsp3) is 0.800. The average Bonchev–Trinajstić information content (AvgIpc) is 2.94. The van der Waals surface area contributed by atoms with Gasteiger partial charge in [-0.05, 0) is 56.3 Å². The first kappa shape index (κ1) is 12.2. The molecule has 18 heavy (non-hydrogen) atoms. The van der Waals surface area contributed by atoms with Crippen molar-refractivity contribution in [3.05, 3.63) is 12.2 Å². The normalized spacial score (nSPS) is 42.2. The van der Waals surface area contributed by atoms with E-state index in [-0.39, 0.29) is 12.1 Å². The van der Waals surface area contributed by atoms with E-state index in [4.69, 9.17) is 10.5 Å². The van der Waals surface area contributed by atoms with Crippen LogP contribution in [0.4, 0.5) is 0 Å². The number of fused-ring (bicyclic) bond motifs is 2. The molecule has 3 atom stereocenters. The summed E-state index contributed by atoms with van der Waals surface area (Å²) in [4.78, 5) is 11.9. The molecule has 2 N–H and O–H groups in total. The molecule has 3 heteroatoms. The van der Waals surface area contributed by atoms with Gasteiger partial charge in [-0.2, -0.15) is 0 Å². The molecule has 0 saturated heterocycles. The third kappa shape index (κ3) is 2.61. The number of hydrogen-bond donors (Lipinski definition) is 1. The van der Waals surface area contributed by atoms with Crippen LogP contribution in [-0.4, -0.2) is 18.1 Å². The van der Waals surface area contributed by atoms with Crippen LogP contribution < -0.4 is 5.73 Å². The minimum atomic E-state index is 0.0152. The van der Waals surface area contributed by atoms with Gasteiger partial charge in [0, 0.05) is 12.5 Å². The number of nitrogens with two attached hydrogens (primary N) is 1. The van der Waals surface area contributed by atoms with Gasteiger partial charge in [0.15, 0.2) is 0 Å². The second-order valence-corrected chi connectivity index (χ2v) is 6.27. The lowest BCUT2D eigenvalue weighted by molar-refractivity contribution is -0.152. The number of hydrogen-bond acceptors (Lipinski definition) is 3. The maximum absolute atomic E-state index is 11.9. The van der Waals surface area contributed by atoms with E-state index >= 15 is 0 Å². The lowest BCUT2D eigenvalue weighted by Crippen LogP contribution is -2.32. The molecule has 0 aromatic heterocycles. The number of allylic oxidation sites excluding steroid dienone is 2. The van der Waals surface area contributed by atoms with E-state index in [9.17, 15) is 4.79 Å². The van der Waals surface area contributed by atoms with Gasteiger partial charge in [0.2, 0.25) is 0 Å². The highest BCUT2D eigenvalue weighted by Gasteiger charge is 2.37. The molecule has 0 aliphatic heterocycles. The number of esters is 1. The Morgan fingerprint density at radius 3 is 2.56 bits per heavy atom. The van der Waals surface area contributed by atoms with E-state index in [1.807, 2.05) is 0 Å². The lowest BCUT2D eigenvalue weighted by atomic mass is 9.90. The van der Waals surface area contributed by atoms with Crippen LogP contribution in [0.3, 0.4) is 0 Å². The maximum atomic E-state index is 11.9. The molecule has 2 bridgehead atoms. The van der Waals surface area contributed by atoms with E-state index in [1.165, 1.54) is 12.8 Å². The van der Waals surface area contributed by atoms with Crippen LogP contribution in [0.15, 0.2) is 12.2 Å². The SMILES string of the molecule is NC1CCC(OC(=O)CC2CC3C=CC2C3)CC1. The summed E-state index contributed by atoms with van der Waals surface area (Å²) in [5.74, 6) is 1.93. The minimum Gasteiger partial charge on any atom is -0.462 e. The van der Waals surface area contributed by atoms with Gasteiger partial charge in [0.1, 0.15) is 6.10 Å². The van der Waals surface area contributed by atoms with Crippen molar-refractivity contribution in [2.24, 2.45) is 23.5 Å². The monoisotopic (exact) mass is 249 g/mol. The molecule has 3 aliphatic carbocycles. The molecule has 0 heterocycles. The second-order valence-electron chi connectivity index (χ2n) is 6.27. The van der Waals surface area contributed by atoms with Gasteiger partial charge in [-0.25, -0.2) is 0 Å². The molecule has 3 aliphatic rings. The zero-order valence-corrected chi connectivity index (χ0v) is 10.9. The van der Waals surface area contributed by atoms with E-state index in [1.54, 1.807) is 0 Å². The fourth-order valence-electron chi connectivity index (χ4n) is 3.78. The number of ether oxygens (including phenoxy) is 1. The van der Waals surface area contributed by atoms with Crippen LogP contribution in [0, 0.1) is 17.8 Å². The van der Waals surface area contributed by atoms with Crippen LogP contribution >= 0.6 is 0 Å². The molecule has 0 aromatic rings. The molecular formula is C15H23NO2. The molecule has 0 aromatic carbocycles. The van der Waals surface area contributed by atoms with Crippen LogP contribution in [0.2, 0.25) is 0 Å². The average molecular weight is 249 g/mol. The van der Waals surface area contributed by atoms with Crippen molar-refractivity contribution in [2.45, 2.75) is 57.1 Å². The molecule has 3 unspecified atom stereocenters. The van der Waals surface area contributed by atoms with E-state index in [2.05, 4.69) is 12.2 Å². The highest BCUT2D eigenvalue weighted by molar-refractivity contribution is 5.70. The Labute approximate surface area is 109 Å². The van der Waals surface area contributed by atoms with Crippen molar-refractivity contribution in [3.8, 4) is 0 Å². The third-order valence-corrected chi connectivity index (χ3v) is 4.86. The van der Waals surface area contributed by atoms with Crippen molar-refractivity contribution in [1.82, 2.24) is 0 Å². The Kier molecular flexibility index (Phi) is 3.42. The summed E-state index contributed by atoms with van der Waals surface area (Å²) in [5.41, 5.74) is 5.85.